The van der Waals surface area contributed by atoms with Gasteiger partial charge in [0, 0.05) is 18.6 Å². The number of hydrogen-bond donors (Lipinski definition) is 1. The van der Waals surface area contributed by atoms with Gasteiger partial charge in [-0.2, -0.15) is 0 Å². The van der Waals surface area contributed by atoms with Gasteiger partial charge in [0.1, 0.15) is 0 Å². The smallest absolute Gasteiger partial charge is 0.0632 e. The van der Waals surface area contributed by atoms with E-state index in [1.54, 1.807) is 0 Å². The van der Waals surface area contributed by atoms with E-state index in [0.29, 0.717) is 5.92 Å². The minimum atomic E-state index is -0.258. The number of aliphatic hydroxyl groups is 1. The van der Waals surface area contributed by atoms with Crippen LogP contribution in [-0.4, -0.2) is 41.4 Å². The van der Waals surface area contributed by atoms with Crippen molar-refractivity contribution in [1.82, 2.24) is 4.90 Å². The van der Waals surface area contributed by atoms with Crippen LogP contribution in [0.15, 0.2) is 30.3 Å². The van der Waals surface area contributed by atoms with Gasteiger partial charge in [0.05, 0.1) is 11.7 Å². The van der Waals surface area contributed by atoms with Crippen LogP contribution in [0.3, 0.4) is 0 Å². The predicted octanol–water partition coefficient (Wildman–Crippen LogP) is 3.85. The molecule has 2 heterocycles. The summed E-state index contributed by atoms with van der Waals surface area (Å²) in [5.74, 6) is 0.604. The first-order valence-corrected chi connectivity index (χ1v) is 9.50. The van der Waals surface area contributed by atoms with Crippen molar-refractivity contribution in [2.75, 3.05) is 19.7 Å². The molecule has 24 heavy (non-hydrogen) atoms. The molecule has 3 rings (SSSR count). The summed E-state index contributed by atoms with van der Waals surface area (Å²) in [5.41, 5.74) is 1.31. The SMILES string of the molecule is CC(O)C1(C2CCN(Cc3ccccc3)CC2)CCOC(C)(C)C1. The van der Waals surface area contributed by atoms with Crippen LogP contribution in [0, 0.1) is 11.3 Å². The van der Waals surface area contributed by atoms with E-state index in [9.17, 15) is 5.11 Å². The molecule has 3 heteroatoms. The van der Waals surface area contributed by atoms with Gasteiger partial charge in [-0.3, -0.25) is 4.90 Å². The Morgan fingerprint density at radius 2 is 1.88 bits per heavy atom. The predicted molar refractivity (Wildman–Crippen MR) is 97.8 cm³/mol. The number of aliphatic hydroxyl groups excluding tert-OH is 1. The number of nitrogens with zero attached hydrogens (tertiary/aromatic N) is 1. The molecule has 1 N–H and O–H groups in total. The van der Waals surface area contributed by atoms with Crippen LogP contribution < -0.4 is 0 Å². The highest BCUT2D eigenvalue weighted by molar-refractivity contribution is 5.14. The largest absolute Gasteiger partial charge is 0.393 e. The van der Waals surface area contributed by atoms with Crippen LogP contribution in [0.2, 0.25) is 0 Å². The summed E-state index contributed by atoms with van der Waals surface area (Å²) in [4.78, 5) is 2.56. The normalized spacial score (nSPS) is 30.2. The average Bonchev–Trinajstić information content (AvgIpc) is 2.55. The maximum atomic E-state index is 10.6. The highest BCUT2D eigenvalue weighted by Gasteiger charge is 2.49. The number of ether oxygens (including phenoxy) is 1. The summed E-state index contributed by atoms with van der Waals surface area (Å²) in [6, 6.07) is 10.7. The molecule has 1 aromatic rings. The molecule has 2 atom stereocenters. The highest BCUT2D eigenvalue weighted by Crippen LogP contribution is 2.50. The fraction of sp³-hybridized carbons (Fsp3) is 0.714. The molecular formula is C21H33NO2. The fourth-order valence-electron chi connectivity index (χ4n) is 5.00. The first kappa shape index (κ1) is 17.9. The monoisotopic (exact) mass is 331 g/mol. The van der Waals surface area contributed by atoms with E-state index in [1.807, 2.05) is 6.92 Å². The summed E-state index contributed by atoms with van der Waals surface area (Å²) in [5, 5.41) is 10.6. The van der Waals surface area contributed by atoms with E-state index in [2.05, 4.69) is 49.1 Å². The topological polar surface area (TPSA) is 32.7 Å². The first-order chi connectivity index (χ1) is 11.4. The highest BCUT2D eigenvalue weighted by atomic mass is 16.5. The molecule has 0 bridgehead atoms. The zero-order chi connectivity index (χ0) is 17.2. The van der Waals surface area contributed by atoms with Crippen molar-refractivity contribution in [1.29, 1.82) is 0 Å². The molecule has 0 amide bonds. The Morgan fingerprint density at radius 3 is 2.46 bits per heavy atom. The summed E-state index contributed by atoms with van der Waals surface area (Å²) < 4.78 is 5.94. The zero-order valence-corrected chi connectivity index (χ0v) is 15.5. The van der Waals surface area contributed by atoms with Crippen LogP contribution in [0.5, 0.6) is 0 Å². The molecule has 2 saturated heterocycles. The van der Waals surface area contributed by atoms with Crippen LogP contribution in [0.1, 0.15) is 52.0 Å². The number of benzene rings is 1. The van der Waals surface area contributed by atoms with E-state index in [-0.39, 0.29) is 17.1 Å². The van der Waals surface area contributed by atoms with Gasteiger partial charge in [-0.1, -0.05) is 30.3 Å². The Labute approximate surface area is 147 Å². The summed E-state index contributed by atoms with van der Waals surface area (Å²) in [6.45, 7) is 10.4. The maximum absolute atomic E-state index is 10.6. The van der Waals surface area contributed by atoms with Gasteiger partial charge < -0.3 is 9.84 Å². The molecule has 2 unspecified atom stereocenters. The lowest BCUT2D eigenvalue weighted by Gasteiger charge is -2.53. The van der Waals surface area contributed by atoms with Gasteiger partial charge in [0.15, 0.2) is 0 Å². The van der Waals surface area contributed by atoms with Crippen molar-refractivity contribution in [2.24, 2.45) is 11.3 Å². The minimum absolute atomic E-state index is 0.0284. The van der Waals surface area contributed by atoms with Crippen molar-refractivity contribution >= 4 is 0 Å². The van der Waals surface area contributed by atoms with Crippen LogP contribution >= 0.6 is 0 Å². The summed E-state index contributed by atoms with van der Waals surface area (Å²) in [6.07, 6.45) is 4.09. The number of rotatable bonds is 4. The van der Waals surface area contributed by atoms with Gasteiger partial charge in [-0.25, -0.2) is 0 Å². The lowest BCUT2D eigenvalue weighted by atomic mass is 9.60. The molecule has 0 aromatic heterocycles. The first-order valence-electron chi connectivity index (χ1n) is 9.50. The molecule has 2 fully saturated rings. The molecule has 2 aliphatic heterocycles. The van der Waals surface area contributed by atoms with Crippen molar-refractivity contribution in [2.45, 2.75) is 64.7 Å². The zero-order valence-electron chi connectivity index (χ0n) is 15.5. The molecule has 1 aromatic carbocycles. The Kier molecular flexibility index (Phi) is 5.33. The van der Waals surface area contributed by atoms with E-state index in [0.717, 1.165) is 39.1 Å². The van der Waals surface area contributed by atoms with Gasteiger partial charge >= 0.3 is 0 Å². The van der Waals surface area contributed by atoms with Crippen LogP contribution in [-0.2, 0) is 11.3 Å². The van der Waals surface area contributed by atoms with E-state index in [1.165, 1.54) is 18.4 Å². The third kappa shape index (κ3) is 3.84. The molecular weight excluding hydrogens is 298 g/mol. The Hall–Kier alpha value is -0.900. The third-order valence-corrected chi connectivity index (χ3v) is 6.30. The van der Waals surface area contributed by atoms with Gasteiger partial charge in [0.2, 0.25) is 0 Å². The molecule has 2 aliphatic rings. The second-order valence-electron chi connectivity index (χ2n) is 8.48. The maximum Gasteiger partial charge on any atom is 0.0632 e. The van der Waals surface area contributed by atoms with Gasteiger partial charge in [-0.15, -0.1) is 0 Å². The molecule has 0 saturated carbocycles. The molecule has 0 spiro atoms. The fourth-order valence-corrected chi connectivity index (χ4v) is 5.00. The standard InChI is InChI=1S/C21H33NO2/c1-17(23)21(11-14-24-20(2,3)16-21)19-9-12-22(13-10-19)15-18-7-5-4-6-8-18/h4-8,17,19,23H,9-16H2,1-3H3. The Balaban J connectivity index is 1.63. The van der Waals surface area contributed by atoms with E-state index < -0.39 is 0 Å². The van der Waals surface area contributed by atoms with Crippen molar-refractivity contribution in [3.8, 4) is 0 Å². The molecule has 134 valence electrons. The molecule has 3 nitrogen and oxygen atoms in total. The second kappa shape index (κ2) is 7.15. The number of piperidine rings is 1. The van der Waals surface area contributed by atoms with Crippen LogP contribution in [0.25, 0.3) is 0 Å². The molecule has 0 radical (unpaired) electrons. The van der Waals surface area contributed by atoms with Gasteiger partial charge in [0.25, 0.3) is 0 Å². The lowest BCUT2D eigenvalue weighted by Crippen LogP contribution is -2.53. The summed E-state index contributed by atoms with van der Waals surface area (Å²) >= 11 is 0. The lowest BCUT2D eigenvalue weighted by molar-refractivity contribution is -0.164. The quantitative estimate of drug-likeness (QED) is 0.909. The Morgan fingerprint density at radius 1 is 1.21 bits per heavy atom. The summed E-state index contributed by atoms with van der Waals surface area (Å²) in [7, 11) is 0. The minimum Gasteiger partial charge on any atom is -0.393 e. The number of likely N-dealkylation sites (tertiary alicyclic amines) is 1. The average molecular weight is 332 g/mol. The van der Waals surface area contributed by atoms with Crippen molar-refractivity contribution in [3.63, 3.8) is 0 Å². The van der Waals surface area contributed by atoms with Crippen molar-refractivity contribution in [3.05, 3.63) is 35.9 Å². The third-order valence-electron chi connectivity index (χ3n) is 6.30. The van der Waals surface area contributed by atoms with Crippen molar-refractivity contribution < 1.29 is 9.84 Å². The van der Waals surface area contributed by atoms with Gasteiger partial charge in [-0.05, 0) is 71.0 Å². The van der Waals surface area contributed by atoms with Crippen LogP contribution in [0.4, 0.5) is 0 Å². The molecule has 0 aliphatic carbocycles. The number of hydrogen-bond acceptors (Lipinski definition) is 3. The second-order valence-corrected chi connectivity index (χ2v) is 8.48. The van der Waals surface area contributed by atoms with E-state index in [4.69, 9.17) is 4.74 Å². The van der Waals surface area contributed by atoms with E-state index >= 15 is 0 Å². The Bertz CT molecular complexity index is 520.